The smallest absolute Gasteiger partial charge is 0.339 e. The van der Waals surface area contributed by atoms with Gasteiger partial charge in [0.05, 0.1) is 12.7 Å². The van der Waals surface area contributed by atoms with Crippen molar-refractivity contribution in [3.05, 3.63) is 29.8 Å². The average molecular weight is 236 g/mol. The standard InChI is InChI=1S/C13H20N2O2/c1-10(14)6-5-9-15-12-8-4-3-7-11(12)13(16)17-2/h3-4,7-8,10,15H,5-6,9,14H2,1-2H3. The molecule has 1 aromatic carbocycles. The first kappa shape index (κ1) is 13.5. The average Bonchev–Trinajstić information content (AvgIpc) is 2.34. The van der Waals surface area contributed by atoms with Gasteiger partial charge >= 0.3 is 5.97 Å². The summed E-state index contributed by atoms with van der Waals surface area (Å²) in [6, 6.07) is 7.55. The largest absolute Gasteiger partial charge is 0.465 e. The van der Waals surface area contributed by atoms with Gasteiger partial charge in [-0.1, -0.05) is 12.1 Å². The molecule has 0 amide bonds. The van der Waals surface area contributed by atoms with Crippen molar-refractivity contribution in [2.24, 2.45) is 5.73 Å². The van der Waals surface area contributed by atoms with Crippen LogP contribution in [0, 0.1) is 0 Å². The molecule has 4 heteroatoms. The van der Waals surface area contributed by atoms with Gasteiger partial charge in [-0.05, 0) is 31.9 Å². The summed E-state index contributed by atoms with van der Waals surface area (Å²) in [6.45, 7) is 2.79. The Balaban J connectivity index is 2.55. The maximum Gasteiger partial charge on any atom is 0.339 e. The third kappa shape index (κ3) is 4.44. The number of esters is 1. The number of nitrogens with one attached hydrogen (secondary N) is 1. The highest BCUT2D eigenvalue weighted by Crippen LogP contribution is 2.15. The first-order valence-electron chi connectivity index (χ1n) is 5.82. The van der Waals surface area contributed by atoms with E-state index < -0.39 is 0 Å². The van der Waals surface area contributed by atoms with E-state index in [1.54, 1.807) is 6.07 Å². The minimum Gasteiger partial charge on any atom is -0.465 e. The number of hydrogen-bond acceptors (Lipinski definition) is 4. The van der Waals surface area contributed by atoms with Gasteiger partial charge in [-0.2, -0.15) is 0 Å². The van der Waals surface area contributed by atoms with E-state index in [-0.39, 0.29) is 12.0 Å². The first-order valence-corrected chi connectivity index (χ1v) is 5.82. The molecule has 0 heterocycles. The molecular weight excluding hydrogens is 216 g/mol. The highest BCUT2D eigenvalue weighted by atomic mass is 16.5. The van der Waals surface area contributed by atoms with Crippen LogP contribution in [0.3, 0.4) is 0 Å². The van der Waals surface area contributed by atoms with Gasteiger partial charge in [0.15, 0.2) is 0 Å². The zero-order valence-electron chi connectivity index (χ0n) is 10.4. The predicted octanol–water partition coefficient (Wildman–Crippen LogP) is 2.01. The lowest BCUT2D eigenvalue weighted by atomic mass is 10.1. The van der Waals surface area contributed by atoms with E-state index in [0.29, 0.717) is 5.56 Å². The summed E-state index contributed by atoms with van der Waals surface area (Å²) < 4.78 is 4.72. The molecule has 94 valence electrons. The number of para-hydroxylation sites is 1. The van der Waals surface area contributed by atoms with Crippen molar-refractivity contribution in [2.75, 3.05) is 19.0 Å². The molecule has 1 aromatic rings. The fourth-order valence-corrected chi connectivity index (χ4v) is 1.57. The fraction of sp³-hybridized carbons (Fsp3) is 0.462. The number of methoxy groups -OCH3 is 1. The van der Waals surface area contributed by atoms with E-state index >= 15 is 0 Å². The van der Waals surface area contributed by atoms with Crippen LogP contribution in [0.25, 0.3) is 0 Å². The highest BCUT2D eigenvalue weighted by Gasteiger charge is 2.09. The number of carbonyl (C=O) groups excluding carboxylic acids is 1. The second kappa shape index (κ2) is 6.91. The van der Waals surface area contributed by atoms with Crippen LogP contribution in [0.5, 0.6) is 0 Å². The molecule has 1 rings (SSSR count). The second-order valence-corrected chi connectivity index (χ2v) is 4.08. The Morgan fingerprint density at radius 1 is 1.47 bits per heavy atom. The minimum atomic E-state index is -0.319. The summed E-state index contributed by atoms with van der Waals surface area (Å²) in [7, 11) is 1.38. The molecule has 0 aliphatic heterocycles. The molecule has 0 saturated carbocycles. The Kier molecular flexibility index (Phi) is 5.49. The van der Waals surface area contributed by atoms with E-state index in [1.165, 1.54) is 7.11 Å². The van der Waals surface area contributed by atoms with Crippen LogP contribution < -0.4 is 11.1 Å². The lowest BCUT2D eigenvalue weighted by Gasteiger charge is -2.11. The molecule has 0 aromatic heterocycles. The van der Waals surface area contributed by atoms with Crippen LogP contribution in [0.4, 0.5) is 5.69 Å². The van der Waals surface area contributed by atoms with Crippen LogP contribution >= 0.6 is 0 Å². The Bertz CT molecular complexity index is 364. The normalized spacial score (nSPS) is 11.9. The number of nitrogens with two attached hydrogens (primary N) is 1. The van der Waals surface area contributed by atoms with E-state index in [0.717, 1.165) is 25.1 Å². The van der Waals surface area contributed by atoms with Crippen molar-refractivity contribution in [1.29, 1.82) is 0 Å². The third-order valence-electron chi connectivity index (χ3n) is 2.48. The highest BCUT2D eigenvalue weighted by molar-refractivity contribution is 5.95. The van der Waals surface area contributed by atoms with Crippen molar-refractivity contribution in [3.63, 3.8) is 0 Å². The Hall–Kier alpha value is -1.55. The third-order valence-corrected chi connectivity index (χ3v) is 2.48. The number of benzene rings is 1. The van der Waals surface area contributed by atoms with Crippen LogP contribution in [-0.4, -0.2) is 25.7 Å². The van der Waals surface area contributed by atoms with Crippen molar-refractivity contribution in [2.45, 2.75) is 25.8 Å². The number of hydrogen-bond donors (Lipinski definition) is 2. The quantitative estimate of drug-likeness (QED) is 0.586. The van der Waals surface area contributed by atoms with Crippen LogP contribution in [0.1, 0.15) is 30.1 Å². The van der Waals surface area contributed by atoms with Crippen LogP contribution in [0.2, 0.25) is 0 Å². The Labute approximate surface area is 102 Å². The molecule has 0 aliphatic rings. The second-order valence-electron chi connectivity index (χ2n) is 4.08. The van der Waals surface area contributed by atoms with Gasteiger partial charge in [0, 0.05) is 18.3 Å². The van der Waals surface area contributed by atoms with Gasteiger partial charge in [-0.3, -0.25) is 0 Å². The number of anilines is 1. The summed E-state index contributed by atoms with van der Waals surface area (Å²) in [5.74, 6) is -0.319. The van der Waals surface area contributed by atoms with E-state index in [2.05, 4.69) is 5.32 Å². The van der Waals surface area contributed by atoms with E-state index in [9.17, 15) is 4.79 Å². The molecule has 0 saturated heterocycles. The van der Waals surface area contributed by atoms with E-state index in [4.69, 9.17) is 10.5 Å². The molecule has 1 unspecified atom stereocenters. The summed E-state index contributed by atoms with van der Waals surface area (Å²) in [5.41, 5.74) is 7.04. The molecule has 0 aliphatic carbocycles. The van der Waals surface area contributed by atoms with Gasteiger partial charge < -0.3 is 15.8 Å². The maximum atomic E-state index is 11.5. The van der Waals surface area contributed by atoms with Crippen molar-refractivity contribution >= 4 is 11.7 Å². The summed E-state index contributed by atoms with van der Waals surface area (Å²) in [4.78, 5) is 11.5. The fourth-order valence-electron chi connectivity index (χ4n) is 1.57. The first-order chi connectivity index (χ1) is 8.15. The monoisotopic (exact) mass is 236 g/mol. The molecular formula is C13H20N2O2. The molecule has 0 spiro atoms. The van der Waals surface area contributed by atoms with Crippen molar-refractivity contribution in [3.8, 4) is 0 Å². The summed E-state index contributed by atoms with van der Waals surface area (Å²) in [5, 5.41) is 3.23. The van der Waals surface area contributed by atoms with Gasteiger partial charge in [0.25, 0.3) is 0 Å². The maximum absolute atomic E-state index is 11.5. The lowest BCUT2D eigenvalue weighted by Crippen LogP contribution is -2.16. The molecule has 4 nitrogen and oxygen atoms in total. The Morgan fingerprint density at radius 3 is 2.82 bits per heavy atom. The molecule has 0 fully saturated rings. The van der Waals surface area contributed by atoms with Crippen LogP contribution in [-0.2, 0) is 4.74 Å². The summed E-state index contributed by atoms with van der Waals surface area (Å²) >= 11 is 0. The predicted molar refractivity (Wildman–Crippen MR) is 69.2 cm³/mol. The number of ether oxygens (including phenoxy) is 1. The molecule has 1 atom stereocenters. The molecule has 17 heavy (non-hydrogen) atoms. The van der Waals surface area contributed by atoms with Gasteiger partial charge in [0.2, 0.25) is 0 Å². The zero-order chi connectivity index (χ0) is 12.7. The van der Waals surface area contributed by atoms with Gasteiger partial charge in [0.1, 0.15) is 0 Å². The van der Waals surface area contributed by atoms with E-state index in [1.807, 2.05) is 25.1 Å². The number of rotatable bonds is 6. The molecule has 3 N–H and O–H groups in total. The zero-order valence-corrected chi connectivity index (χ0v) is 10.4. The van der Waals surface area contributed by atoms with Gasteiger partial charge in [-0.25, -0.2) is 4.79 Å². The van der Waals surface area contributed by atoms with Crippen molar-refractivity contribution < 1.29 is 9.53 Å². The van der Waals surface area contributed by atoms with Gasteiger partial charge in [-0.15, -0.1) is 0 Å². The molecule has 0 radical (unpaired) electrons. The van der Waals surface area contributed by atoms with Crippen LogP contribution in [0.15, 0.2) is 24.3 Å². The number of carbonyl (C=O) groups is 1. The summed E-state index contributed by atoms with van der Waals surface area (Å²) in [6.07, 6.45) is 1.95. The SMILES string of the molecule is COC(=O)c1ccccc1NCCCC(C)N. The topological polar surface area (TPSA) is 64.3 Å². The molecule has 0 bridgehead atoms. The minimum absolute atomic E-state index is 0.215. The lowest BCUT2D eigenvalue weighted by molar-refractivity contribution is 0.0602. The van der Waals surface area contributed by atoms with Crippen molar-refractivity contribution in [1.82, 2.24) is 0 Å². The Morgan fingerprint density at radius 2 is 2.18 bits per heavy atom.